The fraction of sp³-hybridized carbons (Fsp3) is 0.263. The van der Waals surface area contributed by atoms with E-state index in [0.29, 0.717) is 11.1 Å². The Morgan fingerprint density at radius 2 is 1.85 bits per heavy atom. The molecule has 0 heterocycles. The van der Waals surface area contributed by atoms with Crippen LogP contribution in [0.25, 0.3) is 0 Å². The van der Waals surface area contributed by atoms with Gasteiger partial charge in [0, 0.05) is 17.7 Å². The minimum atomic E-state index is -1.16. The van der Waals surface area contributed by atoms with Crippen molar-refractivity contribution >= 4 is 17.6 Å². The molecule has 0 saturated heterocycles. The Hall–Kier alpha value is -3.22. The first-order chi connectivity index (χ1) is 12.5. The van der Waals surface area contributed by atoms with Gasteiger partial charge >= 0.3 is 5.97 Å². The molecule has 1 atom stereocenters. The standard InChI is InChI=1S/C19H18N2O5/c1-12-6-5-9-15(21(24)25)16(12)19(23)26-17(13-7-3-2-4-8-13)18(22)20-14-10-11-14/h2-9,14,17H,10-11H2,1H3,(H,20,22). The van der Waals surface area contributed by atoms with E-state index < -0.39 is 22.9 Å². The monoisotopic (exact) mass is 354 g/mol. The zero-order valence-electron chi connectivity index (χ0n) is 14.2. The summed E-state index contributed by atoms with van der Waals surface area (Å²) in [6, 6.07) is 13.0. The number of esters is 1. The number of hydrogen-bond donors (Lipinski definition) is 1. The average molecular weight is 354 g/mol. The molecule has 1 N–H and O–H groups in total. The van der Waals surface area contributed by atoms with Crippen molar-refractivity contribution in [3.63, 3.8) is 0 Å². The summed E-state index contributed by atoms with van der Waals surface area (Å²) in [6.45, 7) is 1.59. The SMILES string of the molecule is Cc1cccc([N+](=O)[O-])c1C(=O)OC(C(=O)NC1CC1)c1ccccc1. The number of hydrogen-bond acceptors (Lipinski definition) is 5. The molecule has 0 aliphatic heterocycles. The van der Waals surface area contributed by atoms with Crippen molar-refractivity contribution in [3.05, 3.63) is 75.3 Å². The summed E-state index contributed by atoms with van der Waals surface area (Å²) >= 11 is 0. The molecular weight excluding hydrogens is 336 g/mol. The third-order valence-electron chi connectivity index (χ3n) is 4.14. The molecule has 1 fully saturated rings. The smallest absolute Gasteiger partial charge is 0.346 e. The van der Waals surface area contributed by atoms with Crippen molar-refractivity contribution in [1.82, 2.24) is 5.32 Å². The Morgan fingerprint density at radius 1 is 1.15 bits per heavy atom. The number of carbonyl (C=O) groups is 2. The third kappa shape index (κ3) is 3.88. The van der Waals surface area contributed by atoms with E-state index in [4.69, 9.17) is 4.74 Å². The Labute approximate surface area is 150 Å². The summed E-state index contributed by atoms with van der Waals surface area (Å²) in [5.41, 5.74) is 0.441. The van der Waals surface area contributed by atoms with E-state index in [9.17, 15) is 19.7 Å². The van der Waals surface area contributed by atoms with Gasteiger partial charge in [-0.2, -0.15) is 0 Å². The summed E-state index contributed by atoms with van der Waals surface area (Å²) in [6.07, 6.45) is 0.623. The molecule has 2 aromatic carbocycles. The molecular formula is C19H18N2O5. The van der Waals surface area contributed by atoms with Crippen molar-refractivity contribution in [1.29, 1.82) is 0 Å². The van der Waals surface area contributed by atoms with Crippen LogP contribution in [0.4, 0.5) is 5.69 Å². The van der Waals surface area contributed by atoms with E-state index in [0.717, 1.165) is 12.8 Å². The van der Waals surface area contributed by atoms with Crippen LogP contribution >= 0.6 is 0 Å². The largest absolute Gasteiger partial charge is 0.443 e. The Kier molecular flexibility index (Phi) is 4.97. The average Bonchev–Trinajstić information content (AvgIpc) is 3.43. The molecule has 1 amide bonds. The number of nitro groups is 1. The fourth-order valence-electron chi connectivity index (χ4n) is 2.64. The molecule has 0 spiro atoms. The second kappa shape index (κ2) is 7.35. The molecule has 0 aromatic heterocycles. The predicted octanol–water partition coefficient (Wildman–Crippen LogP) is 3.08. The summed E-state index contributed by atoms with van der Waals surface area (Å²) in [5.74, 6) is -1.32. The third-order valence-corrected chi connectivity index (χ3v) is 4.14. The molecule has 1 aliphatic rings. The zero-order valence-corrected chi connectivity index (χ0v) is 14.2. The van der Waals surface area contributed by atoms with Gasteiger partial charge in [0.15, 0.2) is 0 Å². The fourth-order valence-corrected chi connectivity index (χ4v) is 2.64. The number of carbonyl (C=O) groups excluding carboxylic acids is 2. The second-order valence-electron chi connectivity index (χ2n) is 6.21. The zero-order chi connectivity index (χ0) is 18.7. The van der Waals surface area contributed by atoms with Gasteiger partial charge in [-0.3, -0.25) is 14.9 Å². The van der Waals surface area contributed by atoms with Crippen molar-refractivity contribution in [2.24, 2.45) is 0 Å². The van der Waals surface area contributed by atoms with Gasteiger partial charge in [0.25, 0.3) is 11.6 Å². The molecule has 134 valence electrons. The number of nitrogens with one attached hydrogen (secondary N) is 1. The number of nitro benzene ring substituents is 1. The normalized spacial score (nSPS) is 14.3. The molecule has 26 heavy (non-hydrogen) atoms. The number of ether oxygens (including phenoxy) is 1. The van der Waals surface area contributed by atoms with Crippen molar-refractivity contribution in [2.75, 3.05) is 0 Å². The summed E-state index contributed by atoms with van der Waals surface area (Å²) < 4.78 is 5.43. The van der Waals surface area contributed by atoms with E-state index in [1.54, 1.807) is 43.3 Å². The topological polar surface area (TPSA) is 98.5 Å². The lowest BCUT2D eigenvalue weighted by Gasteiger charge is -2.18. The Bertz CT molecular complexity index is 846. The first-order valence-electron chi connectivity index (χ1n) is 8.27. The maximum Gasteiger partial charge on any atom is 0.346 e. The van der Waals surface area contributed by atoms with E-state index in [1.165, 1.54) is 12.1 Å². The predicted molar refractivity (Wildman–Crippen MR) is 93.6 cm³/mol. The molecule has 0 radical (unpaired) electrons. The minimum Gasteiger partial charge on any atom is -0.443 e. The molecule has 3 rings (SSSR count). The van der Waals surface area contributed by atoms with E-state index >= 15 is 0 Å². The lowest BCUT2D eigenvalue weighted by atomic mass is 10.1. The highest BCUT2D eigenvalue weighted by Crippen LogP contribution is 2.27. The summed E-state index contributed by atoms with van der Waals surface area (Å²) in [5, 5.41) is 14.1. The van der Waals surface area contributed by atoms with Gasteiger partial charge < -0.3 is 10.1 Å². The van der Waals surface area contributed by atoms with Crippen LogP contribution in [0.1, 0.15) is 40.4 Å². The van der Waals surface area contributed by atoms with Crippen molar-refractivity contribution in [3.8, 4) is 0 Å². The van der Waals surface area contributed by atoms with Crippen LogP contribution in [0, 0.1) is 17.0 Å². The van der Waals surface area contributed by atoms with E-state index in [-0.39, 0.29) is 17.3 Å². The van der Waals surface area contributed by atoms with Gasteiger partial charge in [0.05, 0.1) is 4.92 Å². The molecule has 7 heteroatoms. The summed E-state index contributed by atoms with van der Waals surface area (Å²) in [4.78, 5) is 35.8. The lowest BCUT2D eigenvalue weighted by molar-refractivity contribution is -0.385. The molecule has 0 bridgehead atoms. The Balaban J connectivity index is 1.90. The van der Waals surface area contributed by atoms with Gasteiger partial charge in [-0.15, -0.1) is 0 Å². The number of aryl methyl sites for hydroxylation is 1. The van der Waals surface area contributed by atoms with Gasteiger partial charge in [0.2, 0.25) is 6.10 Å². The van der Waals surface area contributed by atoms with Crippen LogP contribution in [0.3, 0.4) is 0 Å². The van der Waals surface area contributed by atoms with E-state index in [1.807, 2.05) is 0 Å². The molecule has 1 saturated carbocycles. The minimum absolute atomic E-state index is 0.0974. The second-order valence-corrected chi connectivity index (χ2v) is 6.21. The molecule has 2 aromatic rings. The van der Waals surface area contributed by atoms with Gasteiger partial charge in [-0.25, -0.2) is 4.79 Å². The summed E-state index contributed by atoms with van der Waals surface area (Å²) in [7, 11) is 0. The van der Waals surface area contributed by atoms with Crippen molar-refractivity contribution in [2.45, 2.75) is 31.9 Å². The van der Waals surface area contributed by atoms with E-state index in [2.05, 4.69) is 5.32 Å². The first kappa shape index (κ1) is 17.6. The van der Waals surface area contributed by atoms with Gasteiger partial charge in [-0.1, -0.05) is 42.5 Å². The van der Waals surface area contributed by atoms with Gasteiger partial charge in [0.1, 0.15) is 5.56 Å². The number of nitrogens with zero attached hydrogens (tertiary/aromatic N) is 1. The first-order valence-corrected chi connectivity index (χ1v) is 8.27. The molecule has 1 unspecified atom stereocenters. The van der Waals surface area contributed by atoms with Crippen molar-refractivity contribution < 1.29 is 19.2 Å². The maximum atomic E-state index is 12.7. The van der Waals surface area contributed by atoms with Crippen LogP contribution in [-0.2, 0) is 9.53 Å². The highest BCUT2D eigenvalue weighted by atomic mass is 16.6. The van der Waals surface area contributed by atoms with Crippen LogP contribution in [0.15, 0.2) is 48.5 Å². The Morgan fingerprint density at radius 3 is 2.46 bits per heavy atom. The number of benzene rings is 2. The maximum absolute atomic E-state index is 12.7. The molecule has 7 nitrogen and oxygen atoms in total. The lowest BCUT2D eigenvalue weighted by Crippen LogP contribution is -2.33. The van der Waals surface area contributed by atoms with Crippen LogP contribution in [0.2, 0.25) is 0 Å². The highest BCUT2D eigenvalue weighted by Gasteiger charge is 2.33. The molecule has 1 aliphatic carbocycles. The quantitative estimate of drug-likeness (QED) is 0.488. The van der Waals surface area contributed by atoms with Gasteiger partial charge in [-0.05, 0) is 25.3 Å². The number of amides is 1. The highest BCUT2D eigenvalue weighted by molar-refractivity contribution is 5.97. The van der Waals surface area contributed by atoms with Crippen LogP contribution < -0.4 is 5.32 Å². The van der Waals surface area contributed by atoms with Crippen LogP contribution in [0.5, 0.6) is 0 Å². The number of rotatable bonds is 6. The van der Waals surface area contributed by atoms with Crippen LogP contribution in [-0.4, -0.2) is 22.8 Å².